The van der Waals surface area contributed by atoms with Crippen molar-refractivity contribution in [3.63, 3.8) is 0 Å². The molecule has 60 valence electrons. The minimum atomic E-state index is -0.149. The first-order valence-electron chi connectivity index (χ1n) is 2.00. The Balaban J connectivity index is 2.65. The van der Waals surface area contributed by atoms with Crippen LogP contribution in [-0.4, -0.2) is 20.1 Å². The summed E-state index contributed by atoms with van der Waals surface area (Å²) in [4.78, 5) is 4.04. The van der Waals surface area contributed by atoms with Crippen LogP contribution in [-0.2, 0) is 34.7 Å². The van der Waals surface area contributed by atoms with Gasteiger partial charge in [-0.15, -0.1) is 0 Å². The molecule has 0 saturated carbocycles. The lowest BCUT2D eigenvalue weighted by Gasteiger charge is -1.97. The van der Waals surface area contributed by atoms with Crippen molar-refractivity contribution >= 4 is 8.05 Å². The van der Waals surface area contributed by atoms with E-state index in [-0.39, 0.29) is 6.79 Å². The number of rotatable bonds is 7. The minimum Gasteiger partial charge on any atom is -0.421 e. The van der Waals surface area contributed by atoms with Crippen LogP contribution >= 0.6 is 0 Å². The fraction of sp³-hybridized carbons (Fsp3) is 1.00. The van der Waals surface area contributed by atoms with Crippen LogP contribution in [0, 0.1) is 0 Å². The second-order valence-electron chi connectivity index (χ2n) is 0.871. The molecule has 0 aromatic carbocycles. The third-order valence-electron chi connectivity index (χ3n) is 0.328. The van der Waals surface area contributed by atoms with E-state index < -0.39 is 0 Å². The Morgan fingerprint density at radius 1 is 1.10 bits per heavy atom. The van der Waals surface area contributed by atoms with Crippen molar-refractivity contribution in [1.29, 1.82) is 0 Å². The maximum absolute atomic E-state index is 7.42. The zero-order valence-corrected chi connectivity index (χ0v) is 5.01. The van der Waals surface area contributed by atoms with Gasteiger partial charge in [0.2, 0.25) is 0 Å². The molecule has 8 nitrogen and oxygen atoms in total. The molecular formula is CH5BO8. The summed E-state index contributed by atoms with van der Waals surface area (Å²) >= 11 is 0. The molecule has 0 aromatic rings. The van der Waals surface area contributed by atoms with Crippen LogP contribution in [0.1, 0.15) is 0 Å². The van der Waals surface area contributed by atoms with E-state index in [0.717, 1.165) is 0 Å². The predicted molar refractivity (Wildman–Crippen MR) is 23.6 cm³/mol. The molecule has 0 spiro atoms. The first-order chi connectivity index (χ1) is 4.91. The quantitative estimate of drug-likeness (QED) is 0.159. The van der Waals surface area contributed by atoms with Crippen molar-refractivity contribution in [2.24, 2.45) is 0 Å². The number of hydrogen-bond donors (Lipinski definition) is 1. The van der Waals surface area contributed by atoms with E-state index in [1.54, 1.807) is 0 Å². The largest absolute Gasteiger partial charge is 0.421 e. The molecule has 0 aromatic heterocycles. The third-order valence-corrected chi connectivity index (χ3v) is 0.328. The van der Waals surface area contributed by atoms with E-state index in [9.17, 15) is 0 Å². The highest BCUT2D eigenvalue weighted by atomic mass is 17.9. The van der Waals surface area contributed by atoms with Crippen molar-refractivity contribution < 1.29 is 40.0 Å². The van der Waals surface area contributed by atoms with Gasteiger partial charge in [0.1, 0.15) is 0 Å². The highest BCUT2D eigenvalue weighted by Gasteiger charge is 1.89. The van der Waals surface area contributed by atoms with Crippen LogP contribution in [0.5, 0.6) is 0 Å². The van der Waals surface area contributed by atoms with E-state index in [4.69, 9.17) is 5.26 Å². The molecule has 9 heteroatoms. The first-order valence-corrected chi connectivity index (χ1v) is 2.00. The standard InChI is InChI=1S/CH5BO8/c2-4-1-5-7-9-10-8-6-3/h3H,1-2H2. The molecular weight excluding hydrogens is 151 g/mol. The number of hydrogen-bond acceptors (Lipinski definition) is 8. The van der Waals surface area contributed by atoms with E-state index in [0.29, 0.717) is 0 Å². The lowest BCUT2D eigenvalue weighted by molar-refractivity contribution is -0.788. The van der Waals surface area contributed by atoms with Crippen molar-refractivity contribution in [3.05, 3.63) is 0 Å². The van der Waals surface area contributed by atoms with Crippen molar-refractivity contribution in [2.45, 2.75) is 0 Å². The Hall–Kier alpha value is -0.255. The zero-order chi connectivity index (χ0) is 7.66. The molecule has 0 heterocycles. The first kappa shape index (κ1) is 9.74. The summed E-state index contributed by atoms with van der Waals surface area (Å²) in [6.07, 6.45) is 0. The van der Waals surface area contributed by atoms with Crippen molar-refractivity contribution in [2.75, 3.05) is 6.79 Å². The average Bonchev–Trinajstić information content (AvgIpc) is 1.97. The molecule has 0 rings (SSSR count). The second kappa shape index (κ2) is 8.74. The van der Waals surface area contributed by atoms with Gasteiger partial charge in [0, 0.05) is 0 Å². The van der Waals surface area contributed by atoms with Gasteiger partial charge in [-0.05, 0) is 25.2 Å². The normalized spacial score (nSPS) is 10.1. The minimum absolute atomic E-state index is 0.149. The monoisotopic (exact) mass is 156 g/mol. The lowest BCUT2D eigenvalue weighted by Crippen LogP contribution is -2.01. The Bertz CT molecular complexity index is 49.2. The summed E-state index contributed by atoms with van der Waals surface area (Å²) in [7, 11) is 1.37. The van der Waals surface area contributed by atoms with Crippen LogP contribution in [0.25, 0.3) is 0 Å². The van der Waals surface area contributed by atoms with Gasteiger partial charge in [-0.25, -0.2) is 5.26 Å². The molecule has 0 amide bonds. The van der Waals surface area contributed by atoms with Gasteiger partial charge in [-0.1, -0.05) is 0 Å². The third kappa shape index (κ3) is 7.74. The highest BCUT2D eigenvalue weighted by molar-refractivity contribution is 5.97. The molecule has 10 heavy (non-hydrogen) atoms. The summed E-state index contributed by atoms with van der Waals surface area (Å²) in [6, 6.07) is 0. The SMILES string of the molecule is BOCOOOOOOO. The van der Waals surface area contributed by atoms with Crippen molar-refractivity contribution in [1.82, 2.24) is 0 Å². The van der Waals surface area contributed by atoms with Crippen LogP contribution < -0.4 is 0 Å². The van der Waals surface area contributed by atoms with Gasteiger partial charge < -0.3 is 4.65 Å². The summed E-state index contributed by atoms with van der Waals surface area (Å²) in [5.41, 5.74) is 0. The summed E-state index contributed by atoms with van der Waals surface area (Å²) in [5, 5.41) is 24.4. The Labute approximate surface area is 56.1 Å². The topological polar surface area (TPSA) is 84.8 Å². The zero-order valence-electron chi connectivity index (χ0n) is 5.01. The summed E-state index contributed by atoms with van der Waals surface area (Å²) < 4.78 is 4.34. The van der Waals surface area contributed by atoms with E-state index >= 15 is 0 Å². The lowest BCUT2D eigenvalue weighted by atomic mass is 10.6. The van der Waals surface area contributed by atoms with Crippen LogP contribution in [0.15, 0.2) is 0 Å². The average molecular weight is 156 g/mol. The molecule has 0 aliphatic heterocycles. The molecule has 0 unspecified atom stereocenters. The molecule has 0 radical (unpaired) electrons. The smallest absolute Gasteiger partial charge is 0.260 e. The Morgan fingerprint density at radius 3 is 2.40 bits per heavy atom. The fourth-order valence-corrected chi connectivity index (χ4v) is 0.122. The molecule has 0 saturated heterocycles. The Morgan fingerprint density at radius 2 is 1.80 bits per heavy atom. The second-order valence-corrected chi connectivity index (χ2v) is 0.871. The van der Waals surface area contributed by atoms with Crippen LogP contribution in [0.4, 0.5) is 0 Å². The molecule has 1 N–H and O–H groups in total. The van der Waals surface area contributed by atoms with Gasteiger partial charge in [0.05, 0.1) is 0 Å². The van der Waals surface area contributed by atoms with Crippen molar-refractivity contribution in [3.8, 4) is 0 Å². The van der Waals surface area contributed by atoms with E-state index in [1.165, 1.54) is 8.05 Å². The molecule has 0 aliphatic rings. The molecule has 0 atom stereocenters. The molecule has 0 fully saturated rings. The van der Waals surface area contributed by atoms with Gasteiger partial charge in [-0.3, -0.25) is 0 Å². The van der Waals surface area contributed by atoms with Crippen LogP contribution in [0.3, 0.4) is 0 Å². The van der Waals surface area contributed by atoms with E-state index in [2.05, 4.69) is 34.7 Å². The van der Waals surface area contributed by atoms with Gasteiger partial charge in [0.15, 0.2) is 6.79 Å². The van der Waals surface area contributed by atoms with Gasteiger partial charge in [-0.2, -0.15) is 4.89 Å². The van der Waals surface area contributed by atoms with Gasteiger partial charge >= 0.3 is 0 Å². The summed E-state index contributed by atoms with van der Waals surface area (Å²) in [6.45, 7) is -0.149. The maximum Gasteiger partial charge on any atom is 0.260 e. The maximum atomic E-state index is 7.42. The van der Waals surface area contributed by atoms with Crippen LogP contribution in [0.2, 0.25) is 0 Å². The fourth-order valence-electron chi connectivity index (χ4n) is 0.122. The summed E-state index contributed by atoms with van der Waals surface area (Å²) in [5.74, 6) is 0. The Kier molecular flexibility index (Phi) is 8.52. The van der Waals surface area contributed by atoms with E-state index in [1.807, 2.05) is 0 Å². The highest BCUT2D eigenvalue weighted by Crippen LogP contribution is 1.84. The molecule has 0 aliphatic carbocycles. The molecule has 0 bridgehead atoms. The van der Waals surface area contributed by atoms with Gasteiger partial charge in [0.25, 0.3) is 8.05 Å². The predicted octanol–water partition coefficient (Wildman–Crippen LogP) is -1.34.